The van der Waals surface area contributed by atoms with E-state index in [4.69, 9.17) is 4.74 Å². The van der Waals surface area contributed by atoms with Crippen molar-refractivity contribution in [2.45, 2.75) is 20.3 Å². The number of rotatable bonds is 2. The average Bonchev–Trinajstić information content (AvgIpc) is 2.25. The molecule has 1 rings (SSSR count). The number of benzene rings is 1. The summed E-state index contributed by atoms with van der Waals surface area (Å²) in [6, 6.07) is 4.69. The van der Waals surface area contributed by atoms with E-state index in [9.17, 15) is 9.18 Å². The Kier molecular flexibility index (Phi) is 4.53. The zero-order chi connectivity index (χ0) is 12.0. The van der Waals surface area contributed by atoms with Crippen molar-refractivity contribution in [1.82, 2.24) is 0 Å². The van der Waals surface area contributed by atoms with Gasteiger partial charge in [0.15, 0.2) is 0 Å². The fourth-order valence-electron chi connectivity index (χ4n) is 1.17. The van der Waals surface area contributed by atoms with Crippen LogP contribution < -0.4 is 0 Å². The maximum absolute atomic E-state index is 13.1. The van der Waals surface area contributed by atoms with Gasteiger partial charge in [-0.2, -0.15) is 0 Å². The molecular weight excluding hydrogens is 207 g/mol. The van der Waals surface area contributed by atoms with Crippen LogP contribution in [-0.2, 0) is 9.53 Å². The molecule has 0 unspecified atom stereocenters. The van der Waals surface area contributed by atoms with E-state index in [1.807, 2.05) is 0 Å². The smallest absolute Gasteiger partial charge is 0.317 e. The summed E-state index contributed by atoms with van der Waals surface area (Å²) in [5.74, 6) is 4.77. The molecule has 0 atom stereocenters. The number of halogens is 1. The van der Waals surface area contributed by atoms with Crippen LogP contribution >= 0.6 is 0 Å². The summed E-state index contributed by atoms with van der Waals surface area (Å²) in [6.45, 7) is 3.74. The second-order valence-electron chi connectivity index (χ2n) is 3.20. The van der Waals surface area contributed by atoms with Crippen molar-refractivity contribution in [1.29, 1.82) is 0 Å². The lowest BCUT2D eigenvalue weighted by molar-refractivity contribution is -0.141. The summed E-state index contributed by atoms with van der Waals surface area (Å²) in [6.07, 6.45) is 0.0315. The third kappa shape index (κ3) is 3.39. The zero-order valence-corrected chi connectivity index (χ0v) is 9.34. The topological polar surface area (TPSA) is 26.3 Å². The van der Waals surface area contributed by atoms with Gasteiger partial charge in [-0.3, -0.25) is 4.79 Å². The third-order valence-corrected chi connectivity index (χ3v) is 2.03. The Morgan fingerprint density at radius 2 is 2.25 bits per heavy atom. The molecule has 0 saturated heterocycles. The van der Waals surface area contributed by atoms with Crippen LogP contribution in [0.3, 0.4) is 0 Å². The van der Waals surface area contributed by atoms with Crippen molar-refractivity contribution in [3.8, 4) is 11.8 Å². The Morgan fingerprint density at radius 3 is 2.94 bits per heavy atom. The molecule has 0 aliphatic rings. The predicted molar refractivity (Wildman–Crippen MR) is 59.3 cm³/mol. The number of hydrogen-bond donors (Lipinski definition) is 0. The summed E-state index contributed by atoms with van der Waals surface area (Å²) >= 11 is 0. The van der Waals surface area contributed by atoms with Crippen molar-refractivity contribution < 1.29 is 13.9 Å². The highest BCUT2D eigenvalue weighted by molar-refractivity contribution is 5.72. The number of hydrogen-bond acceptors (Lipinski definition) is 2. The molecule has 0 saturated carbocycles. The van der Waals surface area contributed by atoms with Crippen LogP contribution in [-0.4, -0.2) is 12.6 Å². The second kappa shape index (κ2) is 5.92. The summed E-state index contributed by atoms with van der Waals surface area (Å²) < 4.78 is 17.8. The quantitative estimate of drug-likeness (QED) is 0.565. The lowest BCUT2D eigenvalue weighted by Gasteiger charge is -1.98. The van der Waals surface area contributed by atoms with E-state index in [1.54, 1.807) is 26.0 Å². The fourth-order valence-corrected chi connectivity index (χ4v) is 1.17. The van der Waals surface area contributed by atoms with Crippen LogP contribution in [0.25, 0.3) is 0 Å². The van der Waals surface area contributed by atoms with E-state index in [0.717, 1.165) is 0 Å². The first-order valence-corrected chi connectivity index (χ1v) is 5.04. The molecule has 16 heavy (non-hydrogen) atoms. The molecule has 84 valence electrons. The molecule has 1 aromatic carbocycles. The summed E-state index contributed by atoms with van der Waals surface area (Å²) in [4.78, 5) is 11.0. The largest absolute Gasteiger partial charge is 0.465 e. The minimum Gasteiger partial charge on any atom is -0.465 e. The molecule has 0 aliphatic heterocycles. The van der Waals surface area contributed by atoms with Gasteiger partial charge in [0.05, 0.1) is 6.61 Å². The molecular formula is C13H13FO2. The first kappa shape index (κ1) is 12.3. The van der Waals surface area contributed by atoms with E-state index in [2.05, 4.69) is 11.8 Å². The van der Waals surface area contributed by atoms with Gasteiger partial charge in [0.1, 0.15) is 12.2 Å². The van der Waals surface area contributed by atoms with Crippen molar-refractivity contribution in [3.63, 3.8) is 0 Å². The van der Waals surface area contributed by atoms with Gasteiger partial charge < -0.3 is 4.74 Å². The minimum absolute atomic E-state index is 0.0315. The van der Waals surface area contributed by atoms with Crippen molar-refractivity contribution in [2.24, 2.45) is 0 Å². The molecule has 0 spiro atoms. The van der Waals surface area contributed by atoms with Crippen LogP contribution in [0.4, 0.5) is 4.39 Å². The van der Waals surface area contributed by atoms with Crippen molar-refractivity contribution >= 4 is 5.97 Å². The molecule has 0 N–H and O–H groups in total. The summed E-state index contributed by atoms with van der Waals surface area (Å²) in [5, 5.41) is 0. The number of esters is 1. The Bertz CT molecular complexity index is 441. The molecule has 0 bridgehead atoms. The van der Waals surface area contributed by atoms with Gasteiger partial charge in [0.2, 0.25) is 0 Å². The molecule has 3 heteroatoms. The molecule has 0 fully saturated rings. The highest BCUT2D eigenvalue weighted by atomic mass is 19.1. The van der Waals surface area contributed by atoms with Crippen molar-refractivity contribution in [2.75, 3.05) is 6.61 Å². The van der Waals surface area contributed by atoms with E-state index >= 15 is 0 Å². The van der Waals surface area contributed by atoms with Gasteiger partial charge in [-0.05, 0) is 26.0 Å². The van der Waals surface area contributed by atoms with Gasteiger partial charge in [-0.15, -0.1) is 0 Å². The van der Waals surface area contributed by atoms with Crippen LogP contribution in [0.5, 0.6) is 0 Å². The van der Waals surface area contributed by atoms with Gasteiger partial charge in [0, 0.05) is 11.1 Å². The number of ether oxygens (including phenoxy) is 1. The molecule has 2 nitrogen and oxygen atoms in total. The summed E-state index contributed by atoms with van der Waals surface area (Å²) in [7, 11) is 0. The third-order valence-electron chi connectivity index (χ3n) is 2.03. The van der Waals surface area contributed by atoms with Gasteiger partial charge >= 0.3 is 5.97 Å². The average molecular weight is 220 g/mol. The van der Waals surface area contributed by atoms with Gasteiger partial charge in [0.25, 0.3) is 0 Å². The molecule has 0 amide bonds. The van der Waals surface area contributed by atoms with Crippen LogP contribution in [0.15, 0.2) is 18.2 Å². The normalized spacial score (nSPS) is 9.19. The van der Waals surface area contributed by atoms with Crippen molar-refractivity contribution in [3.05, 3.63) is 35.1 Å². The zero-order valence-electron chi connectivity index (χ0n) is 9.34. The SMILES string of the molecule is CCOC(=O)CC#Cc1cccc(F)c1C. The van der Waals surface area contributed by atoms with E-state index in [1.165, 1.54) is 6.07 Å². The Hall–Kier alpha value is -1.82. The van der Waals surface area contributed by atoms with Crippen LogP contribution in [0, 0.1) is 24.6 Å². The minimum atomic E-state index is -0.357. The molecule has 1 aromatic rings. The maximum atomic E-state index is 13.1. The Balaban J connectivity index is 2.70. The summed E-state index contributed by atoms with van der Waals surface area (Å²) in [5.41, 5.74) is 1.10. The first-order valence-electron chi connectivity index (χ1n) is 5.04. The first-order chi connectivity index (χ1) is 7.65. The number of carbonyl (C=O) groups is 1. The van der Waals surface area contributed by atoms with E-state index in [-0.39, 0.29) is 18.2 Å². The Labute approximate surface area is 94.4 Å². The highest BCUT2D eigenvalue weighted by Crippen LogP contribution is 2.10. The van der Waals surface area contributed by atoms with E-state index < -0.39 is 0 Å². The van der Waals surface area contributed by atoms with Crippen LogP contribution in [0.2, 0.25) is 0 Å². The molecule has 0 heterocycles. The lowest BCUT2D eigenvalue weighted by Crippen LogP contribution is -2.01. The standard InChI is InChI=1S/C13H13FO2/c1-3-16-13(15)9-5-7-11-6-4-8-12(14)10(11)2/h4,6,8H,3,9H2,1-2H3. The maximum Gasteiger partial charge on any atom is 0.317 e. The van der Waals surface area contributed by atoms with Gasteiger partial charge in [-0.25, -0.2) is 4.39 Å². The van der Waals surface area contributed by atoms with Crippen LogP contribution in [0.1, 0.15) is 24.5 Å². The predicted octanol–water partition coefficient (Wildman–Crippen LogP) is 2.44. The second-order valence-corrected chi connectivity index (χ2v) is 3.20. The van der Waals surface area contributed by atoms with E-state index in [0.29, 0.717) is 17.7 Å². The number of carbonyl (C=O) groups excluding carboxylic acids is 1. The lowest BCUT2D eigenvalue weighted by atomic mass is 10.1. The highest BCUT2D eigenvalue weighted by Gasteiger charge is 2.00. The Morgan fingerprint density at radius 1 is 1.50 bits per heavy atom. The molecule has 0 aromatic heterocycles. The van der Waals surface area contributed by atoms with Gasteiger partial charge in [-0.1, -0.05) is 17.9 Å². The molecule has 0 radical (unpaired) electrons. The monoisotopic (exact) mass is 220 g/mol. The fraction of sp³-hybridized carbons (Fsp3) is 0.308. The molecule has 0 aliphatic carbocycles.